The van der Waals surface area contributed by atoms with Crippen LogP contribution in [0.3, 0.4) is 0 Å². The van der Waals surface area contributed by atoms with Crippen molar-refractivity contribution >= 4 is 23.6 Å². The highest BCUT2D eigenvalue weighted by atomic mass is 16.5. The van der Waals surface area contributed by atoms with E-state index in [0.29, 0.717) is 45.0 Å². The van der Waals surface area contributed by atoms with Gasteiger partial charge in [-0.1, -0.05) is 24.3 Å². The van der Waals surface area contributed by atoms with Crippen LogP contribution in [-0.4, -0.2) is 99.3 Å². The molecular weight excluding hydrogens is 560 g/mol. The van der Waals surface area contributed by atoms with Gasteiger partial charge in [-0.05, 0) is 61.9 Å². The molecule has 0 saturated carbocycles. The summed E-state index contributed by atoms with van der Waals surface area (Å²) in [6.07, 6.45) is 5.38. The van der Waals surface area contributed by atoms with Crippen LogP contribution >= 0.6 is 0 Å². The van der Waals surface area contributed by atoms with Gasteiger partial charge in [0.15, 0.2) is 5.60 Å². The van der Waals surface area contributed by atoms with Gasteiger partial charge in [-0.15, -0.1) is 0 Å². The standard InChI is InChI=1S/C33H40N6O5/c1-33(2,31(41)36-13-15-37(16-14-36)32(42)43)44-29-7-3-6-28(18-29)38-11-4-5-26(22-38)30(40)39-12-10-24-17-23(8-9-25(24)21-39)27-19-34-35-20-27/h3,6-9,17-20,26H,4-5,10-16,21-22H2,1-2H3,(H,34,35)(H,42,43)/t26-/m1/s1. The van der Waals surface area contributed by atoms with Crippen molar-refractivity contribution in [1.82, 2.24) is 24.9 Å². The molecule has 1 aromatic heterocycles. The van der Waals surface area contributed by atoms with Gasteiger partial charge in [0.2, 0.25) is 5.91 Å². The maximum atomic E-state index is 13.7. The van der Waals surface area contributed by atoms with Crippen LogP contribution in [0.15, 0.2) is 54.9 Å². The normalized spacial score (nSPS) is 19.0. The van der Waals surface area contributed by atoms with Gasteiger partial charge in [-0.3, -0.25) is 14.7 Å². The number of piperidine rings is 1. The Labute approximate surface area is 257 Å². The predicted molar refractivity (Wildman–Crippen MR) is 165 cm³/mol. The molecule has 0 aliphatic carbocycles. The summed E-state index contributed by atoms with van der Waals surface area (Å²) >= 11 is 0. The van der Waals surface area contributed by atoms with E-state index in [9.17, 15) is 19.5 Å². The maximum Gasteiger partial charge on any atom is 0.407 e. The van der Waals surface area contributed by atoms with E-state index in [4.69, 9.17) is 4.74 Å². The highest BCUT2D eigenvalue weighted by Gasteiger charge is 2.37. The highest BCUT2D eigenvalue weighted by Crippen LogP contribution is 2.31. The van der Waals surface area contributed by atoms with Gasteiger partial charge in [0, 0.05) is 75.9 Å². The first-order valence-electron chi connectivity index (χ1n) is 15.4. The molecule has 0 radical (unpaired) electrons. The summed E-state index contributed by atoms with van der Waals surface area (Å²) in [5.41, 5.74) is 4.55. The van der Waals surface area contributed by atoms with Crippen LogP contribution in [0.25, 0.3) is 11.1 Å². The molecule has 11 heteroatoms. The van der Waals surface area contributed by atoms with Gasteiger partial charge in [-0.25, -0.2) is 4.79 Å². The molecule has 0 bridgehead atoms. The fourth-order valence-corrected chi connectivity index (χ4v) is 6.56. The van der Waals surface area contributed by atoms with Crippen LogP contribution in [0.5, 0.6) is 5.75 Å². The number of nitrogens with zero attached hydrogens (tertiary/aromatic N) is 5. The Balaban J connectivity index is 1.07. The molecule has 2 saturated heterocycles. The highest BCUT2D eigenvalue weighted by molar-refractivity contribution is 5.85. The molecule has 2 N–H and O–H groups in total. The minimum Gasteiger partial charge on any atom is -0.478 e. The second kappa shape index (κ2) is 12.2. The third kappa shape index (κ3) is 6.22. The van der Waals surface area contributed by atoms with Crippen LogP contribution in [0.1, 0.15) is 37.8 Å². The number of aromatic amines is 1. The minimum atomic E-state index is -1.12. The number of ether oxygens (including phenoxy) is 1. The van der Waals surface area contributed by atoms with Gasteiger partial charge in [0.25, 0.3) is 5.91 Å². The first kappa shape index (κ1) is 29.5. The van der Waals surface area contributed by atoms with Crippen molar-refractivity contribution in [3.8, 4) is 16.9 Å². The van der Waals surface area contributed by atoms with Crippen molar-refractivity contribution in [2.45, 2.75) is 45.3 Å². The Morgan fingerprint density at radius 3 is 2.48 bits per heavy atom. The molecule has 2 aromatic carbocycles. The van der Waals surface area contributed by atoms with Crippen molar-refractivity contribution in [3.05, 3.63) is 66.0 Å². The van der Waals surface area contributed by atoms with Crippen LogP contribution in [-0.2, 0) is 22.6 Å². The third-order valence-corrected chi connectivity index (χ3v) is 9.04. The number of fused-ring (bicyclic) bond motifs is 1. The van der Waals surface area contributed by atoms with E-state index in [0.717, 1.165) is 49.2 Å². The Hall–Kier alpha value is -4.54. The Kier molecular flexibility index (Phi) is 8.20. The van der Waals surface area contributed by atoms with Gasteiger partial charge in [0.05, 0.1) is 12.1 Å². The number of benzene rings is 2. The lowest BCUT2D eigenvalue weighted by atomic mass is 9.92. The summed E-state index contributed by atoms with van der Waals surface area (Å²) in [4.78, 5) is 45.5. The van der Waals surface area contributed by atoms with Gasteiger partial charge in [0.1, 0.15) is 5.75 Å². The lowest BCUT2D eigenvalue weighted by Gasteiger charge is -2.38. The first-order chi connectivity index (χ1) is 21.2. The number of aromatic nitrogens is 2. The molecule has 0 spiro atoms. The number of hydrogen-bond acceptors (Lipinski definition) is 6. The average Bonchev–Trinajstić information content (AvgIpc) is 3.59. The number of anilines is 1. The summed E-state index contributed by atoms with van der Waals surface area (Å²) in [5, 5.41) is 16.1. The van der Waals surface area contributed by atoms with Crippen LogP contribution in [0.2, 0.25) is 0 Å². The molecule has 2 fully saturated rings. The summed E-state index contributed by atoms with van der Waals surface area (Å²) in [5.74, 6) is 0.544. The topological polar surface area (TPSA) is 122 Å². The third-order valence-electron chi connectivity index (χ3n) is 9.04. The van der Waals surface area contributed by atoms with E-state index in [1.165, 1.54) is 16.0 Å². The predicted octanol–water partition coefficient (Wildman–Crippen LogP) is 3.86. The summed E-state index contributed by atoms with van der Waals surface area (Å²) < 4.78 is 6.23. The fourth-order valence-electron chi connectivity index (χ4n) is 6.56. The Morgan fingerprint density at radius 1 is 0.932 bits per heavy atom. The molecule has 3 aliphatic rings. The van der Waals surface area contributed by atoms with Gasteiger partial charge >= 0.3 is 6.09 Å². The molecule has 44 heavy (non-hydrogen) atoms. The number of carboxylic acid groups (broad SMARTS) is 1. The van der Waals surface area contributed by atoms with E-state index in [1.807, 2.05) is 41.6 Å². The average molecular weight is 601 g/mol. The summed E-state index contributed by atoms with van der Waals surface area (Å²) in [6.45, 7) is 7.60. The Bertz CT molecular complexity index is 1510. The van der Waals surface area contributed by atoms with E-state index in [1.54, 1.807) is 18.7 Å². The number of nitrogens with one attached hydrogen (secondary N) is 1. The molecule has 3 aromatic rings. The van der Waals surface area contributed by atoms with Crippen molar-refractivity contribution in [2.24, 2.45) is 5.92 Å². The summed E-state index contributed by atoms with van der Waals surface area (Å²) in [7, 11) is 0. The molecule has 232 valence electrons. The molecule has 11 nitrogen and oxygen atoms in total. The number of H-pyrrole nitrogens is 1. The minimum absolute atomic E-state index is 0.0810. The molecular formula is C33H40N6O5. The smallest absolute Gasteiger partial charge is 0.407 e. The zero-order valence-electron chi connectivity index (χ0n) is 25.4. The fraction of sp³-hybridized carbons (Fsp3) is 0.455. The quantitative estimate of drug-likeness (QED) is 0.441. The number of piperazine rings is 1. The zero-order chi connectivity index (χ0) is 30.8. The number of carbonyl (C=O) groups is 3. The van der Waals surface area contributed by atoms with Crippen LogP contribution in [0.4, 0.5) is 10.5 Å². The van der Waals surface area contributed by atoms with E-state index in [2.05, 4.69) is 33.3 Å². The number of amides is 3. The molecule has 3 aliphatic heterocycles. The number of hydrogen-bond donors (Lipinski definition) is 2. The monoisotopic (exact) mass is 600 g/mol. The second-order valence-electron chi connectivity index (χ2n) is 12.4. The molecule has 4 heterocycles. The maximum absolute atomic E-state index is 13.7. The number of carbonyl (C=O) groups excluding carboxylic acids is 2. The zero-order valence-corrected chi connectivity index (χ0v) is 25.4. The molecule has 0 unspecified atom stereocenters. The van der Waals surface area contributed by atoms with Crippen molar-refractivity contribution in [3.63, 3.8) is 0 Å². The SMILES string of the molecule is CC(C)(Oc1cccc(N2CCC[C@@H](C(=O)N3CCc4cc(-c5cn[nH]c5)ccc4C3)C2)c1)C(=O)N1CCN(C(=O)O)CC1. The number of rotatable bonds is 6. The van der Waals surface area contributed by atoms with E-state index < -0.39 is 11.7 Å². The largest absolute Gasteiger partial charge is 0.478 e. The van der Waals surface area contributed by atoms with Crippen LogP contribution < -0.4 is 9.64 Å². The molecule has 1 atom stereocenters. The second-order valence-corrected chi connectivity index (χ2v) is 12.4. The lowest BCUT2D eigenvalue weighted by molar-refractivity contribution is -0.147. The molecule has 3 amide bonds. The Morgan fingerprint density at radius 2 is 1.73 bits per heavy atom. The van der Waals surface area contributed by atoms with Crippen molar-refractivity contribution in [1.29, 1.82) is 0 Å². The van der Waals surface area contributed by atoms with Crippen molar-refractivity contribution in [2.75, 3.05) is 50.7 Å². The van der Waals surface area contributed by atoms with E-state index >= 15 is 0 Å². The summed E-state index contributed by atoms with van der Waals surface area (Å²) in [6, 6.07) is 14.2. The van der Waals surface area contributed by atoms with Crippen molar-refractivity contribution < 1.29 is 24.2 Å². The lowest BCUT2D eigenvalue weighted by Crippen LogP contribution is -2.56. The first-order valence-corrected chi connectivity index (χ1v) is 15.4. The van der Waals surface area contributed by atoms with Crippen LogP contribution in [0, 0.1) is 5.92 Å². The van der Waals surface area contributed by atoms with E-state index in [-0.39, 0.29) is 17.7 Å². The van der Waals surface area contributed by atoms with Gasteiger partial charge < -0.3 is 29.4 Å². The molecule has 6 rings (SSSR count). The van der Waals surface area contributed by atoms with Gasteiger partial charge in [-0.2, -0.15) is 5.10 Å².